The van der Waals surface area contributed by atoms with Crippen LogP contribution < -0.4 is 0 Å². The van der Waals surface area contributed by atoms with Gasteiger partial charge in [0.2, 0.25) is 0 Å². The van der Waals surface area contributed by atoms with Gasteiger partial charge in [-0.15, -0.1) is 0 Å². The Bertz CT molecular complexity index is 401. The molecule has 3 nitrogen and oxygen atoms in total. The number of carbonyl (C=O) groups excluding carboxylic acids is 1. The Balaban J connectivity index is 2.31. The number of ether oxygens (including phenoxy) is 2. The first-order valence-corrected chi connectivity index (χ1v) is 5.91. The lowest BCUT2D eigenvalue weighted by atomic mass is 10.2. The summed E-state index contributed by atoms with van der Waals surface area (Å²) >= 11 is 0. The molecule has 1 aromatic carbocycles. The van der Waals surface area contributed by atoms with Gasteiger partial charge in [-0.1, -0.05) is 36.9 Å². The van der Waals surface area contributed by atoms with Crippen LogP contribution in [0.5, 0.6) is 0 Å². The van der Waals surface area contributed by atoms with Crippen molar-refractivity contribution >= 4 is 5.97 Å². The molecule has 0 saturated heterocycles. The quantitative estimate of drug-likeness (QED) is 0.593. The fourth-order valence-electron chi connectivity index (χ4n) is 1.28. The molecular formula is C15H20O3. The predicted octanol–water partition coefficient (Wildman–Crippen LogP) is 3.10. The lowest BCUT2D eigenvalue weighted by molar-refractivity contribution is -0.150. The van der Waals surface area contributed by atoms with Crippen molar-refractivity contribution in [1.82, 2.24) is 0 Å². The normalized spacial score (nSPS) is 11.1. The third-order valence-electron chi connectivity index (χ3n) is 2.08. The van der Waals surface area contributed by atoms with Crippen molar-refractivity contribution in [2.45, 2.75) is 33.0 Å². The molecule has 0 atom stereocenters. The van der Waals surface area contributed by atoms with Crippen LogP contribution in [0.1, 0.15) is 26.3 Å². The van der Waals surface area contributed by atoms with E-state index in [2.05, 4.69) is 6.58 Å². The summed E-state index contributed by atoms with van der Waals surface area (Å²) in [6, 6.07) is 9.78. The molecule has 0 amide bonds. The Morgan fingerprint density at radius 3 is 2.39 bits per heavy atom. The van der Waals surface area contributed by atoms with E-state index in [0.29, 0.717) is 12.2 Å². The Hall–Kier alpha value is -1.61. The van der Waals surface area contributed by atoms with E-state index in [1.165, 1.54) is 0 Å². The van der Waals surface area contributed by atoms with Gasteiger partial charge in [0.25, 0.3) is 0 Å². The first-order chi connectivity index (χ1) is 8.38. The third kappa shape index (κ3) is 5.64. The van der Waals surface area contributed by atoms with Gasteiger partial charge < -0.3 is 9.47 Å². The summed E-state index contributed by atoms with van der Waals surface area (Å²) in [6.45, 7) is 9.78. The standard InChI is InChI=1S/C15H20O3/c1-12(14(16)18-15(2,3)4)10-17-11-13-8-6-5-7-9-13/h5-9H,1,10-11H2,2-4H3. The van der Waals surface area contributed by atoms with Gasteiger partial charge in [0.15, 0.2) is 0 Å². The number of hydrogen-bond donors (Lipinski definition) is 0. The molecule has 0 aliphatic rings. The van der Waals surface area contributed by atoms with Crippen LogP contribution in [0.2, 0.25) is 0 Å². The minimum absolute atomic E-state index is 0.184. The second-order valence-corrected chi connectivity index (χ2v) is 5.08. The van der Waals surface area contributed by atoms with Crippen LogP contribution in [0.15, 0.2) is 42.5 Å². The molecule has 0 aliphatic heterocycles. The minimum atomic E-state index is -0.501. The zero-order valence-corrected chi connectivity index (χ0v) is 11.2. The molecule has 18 heavy (non-hydrogen) atoms. The van der Waals surface area contributed by atoms with E-state index in [4.69, 9.17) is 9.47 Å². The number of esters is 1. The lowest BCUT2D eigenvalue weighted by Gasteiger charge is -2.20. The highest BCUT2D eigenvalue weighted by atomic mass is 16.6. The smallest absolute Gasteiger partial charge is 0.336 e. The van der Waals surface area contributed by atoms with Crippen molar-refractivity contribution in [2.24, 2.45) is 0 Å². The predicted molar refractivity (Wildman–Crippen MR) is 71.1 cm³/mol. The van der Waals surface area contributed by atoms with Gasteiger partial charge >= 0.3 is 5.97 Å². The second kappa shape index (κ2) is 6.36. The average Bonchev–Trinajstić information content (AvgIpc) is 2.28. The van der Waals surface area contributed by atoms with Crippen molar-refractivity contribution in [1.29, 1.82) is 0 Å². The van der Waals surface area contributed by atoms with E-state index < -0.39 is 11.6 Å². The van der Waals surface area contributed by atoms with E-state index in [1.54, 1.807) is 0 Å². The number of rotatable bonds is 5. The summed E-state index contributed by atoms with van der Waals surface area (Å²) in [7, 11) is 0. The van der Waals surface area contributed by atoms with Crippen molar-refractivity contribution in [3.63, 3.8) is 0 Å². The van der Waals surface area contributed by atoms with Crippen molar-refractivity contribution < 1.29 is 14.3 Å². The molecule has 0 saturated carbocycles. The van der Waals surface area contributed by atoms with Crippen LogP contribution in [0.3, 0.4) is 0 Å². The summed E-state index contributed by atoms with van der Waals surface area (Å²) in [5.74, 6) is -0.407. The summed E-state index contributed by atoms with van der Waals surface area (Å²) in [5.41, 5.74) is 0.898. The molecule has 0 heterocycles. The Labute approximate surface area is 108 Å². The molecule has 0 fully saturated rings. The summed E-state index contributed by atoms with van der Waals surface area (Å²) in [6.07, 6.45) is 0. The van der Waals surface area contributed by atoms with Crippen LogP contribution in [0.4, 0.5) is 0 Å². The highest BCUT2D eigenvalue weighted by molar-refractivity contribution is 5.88. The maximum absolute atomic E-state index is 11.6. The van der Waals surface area contributed by atoms with E-state index >= 15 is 0 Å². The summed E-state index contributed by atoms with van der Waals surface area (Å²) in [4.78, 5) is 11.6. The van der Waals surface area contributed by atoms with Gasteiger partial charge in [-0.05, 0) is 26.3 Å². The molecule has 0 unspecified atom stereocenters. The molecule has 3 heteroatoms. The molecule has 1 aromatic rings. The van der Waals surface area contributed by atoms with E-state index in [0.717, 1.165) is 5.56 Å². The largest absolute Gasteiger partial charge is 0.457 e. The van der Waals surface area contributed by atoms with Crippen LogP contribution in [-0.2, 0) is 20.9 Å². The van der Waals surface area contributed by atoms with Gasteiger partial charge in [-0.3, -0.25) is 0 Å². The van der Waals surface area contributed by atoms with Crippen molar-refractivity contribution in [3.8, 4) is 0 Å². The van der Waals surface area contributed by atoms with Gasteiger partial charge in [0.1, 0.15) is 5.60 Å². The van der Waals surface area contributed by atoms with Crippen LogP contribution in [-0.4, -0.2) is 18.2 Å². The highest BCUT2D eigenvalue weighted by Gasteiger charge is 2.18. The monoisotopic (exact) mass is 248 g/mol. The highest BCUT2D eigenvalue weighted by Crippen LogP contribution is 2.10. The maximum Gasteiger partial charge on any atom is 0.336 e. The van der Waals surface area contributed by atoms with Crippen LogP contribution in [0.25, 0.3) is 0 Å². The Kier molecular flexibility index (Phi) is 5.10. The zero-order chi connectivity index (χ0) is 13.6. The number of hydrogen-bond acceptors (Lipinski definition) is 3. The fraction of sp³-hybridized carbons (Fsp3) is 0.400. The van der Waals surface area contributed by atoms with Crippen LogP contribution in [0, 0.1) is 0 Å². The van der Waals surface area contributed by atoms with E-state index in [-0.39, 0.29) is 6.61 Å². The lowest BCUT2D eigenvalue weighted by Crippen LogP contribution is -2.25. The molecule has 1 rings (SSSR count). The molecule has 0 spiro atoms. The zero-order valence-electron chi connectivity index (χ0n) is 11.2. The molecule has 0 aromatic heterocycles. The number of carbonyl (C=O) groups is 1. The Morgan fingerprint density at radius 2 is 1.83 bits per heavy atom. The van der Waals surface area contributed by atoms with Crippen LogP contribution >= 0.6 is 0 Å². The third-order valence-corrected chi connectivity index (χ3v) is 2.08. The molecular weight excluding hydrogens is 228 g/mol. The molecule has 98 valence electrons. The molecule has 0 bridgehead atoms. The maximum atomic E-state index is 11.6. The number of benzene rings is 1. The topological polar surface area (TPSA) is 35.5 Å². The van der Waals surface area contributed by atoms with Crippen molar-refractivity contribution in [3.05, 3.63) is 48.0 Å². The second-order valence-electron chi connectivity index (χ2n) is 5.08. The molecule has 0 aliphatic carbocycles. The van der Waals surface area contributed by atoms with Crippen molar-refractivity contribution in [2.75, 3.05) is 6.61 Å². The Morgan fingerprint density at radius 1 is 1.22 bits per heavy atom. The van der Waals surface area contributed by atoms with E-state index in [1.807, 2.05) is 51.1 Å². The summed E-state index contributed by atoms with van der Waals surface area (Å²) in [5, 5.41) is 0. The average molecular weight is 248 g/mol. The fourth-order valence-corrected chi connectivity index (χ4v) is 1.28. The van der Waals surface area contributed by atoms with Gasteiger partial charge in [0.05, 0.1) is 18.8 Å². The van der Waals surface area contributed by atoms with Gasteiger partial charge in [0, 0.05) is 0 Å². The SMILES string of the molecule is C=C(COCc1ccccc1)C(=O)OC(C)(C)C. The van der Waals surface area contributed by atoms with Gasteiger partial charge in [-0.2, -0.15) is 0 Å². The molecule has 0 N–H and O–H groups in total. The first-order valence-electron chi connectivity index (χ1n) is 5.91. The van der Waals surface area contributed by atoms with E-state index in [9.17, 15) is 4.79 Å². The minimum Gasteiger partial charge on any atom is -0.457 e. The van der Waals surface area contributed by atoms with Gasteiger partial charge in [-0.25, -0.2) is 4.79 Å². The summed E-state index contributed by atoms with van der Waals surface area (Å²) < 4.78 is 10.6. The molecule has 0 radical (unpaired) electrons. The first kappa shape index (κ1) is 14.5.